The van der Waals surface area contributed by atoms with Crippen molar-refractivity contribution in [3.63, 3.8) is 0 Å². The van der Waals surface area contributed by atoms with E-state index in [1.54, 1.807) is 14.0 Å². The molecule has 0 aliphatic rings. The molecule has 120 valence electrons. The summed E-state index contributed by atoms with van der Waals surface area (Å²) >= 11 is 0. The quantitative estimate of drug-likeness (QED) is 0.649. The molecule has 0 aliphatic carbocycles. The van der Waals surface area contributed by atoms with Gasteiger partial charge in [-0.25, -0.2) is 0 Å². The Bertz CT molecular complexity index is 796. The molecule has 2 aromatic rings. The summed E-state index contributed by atoms with van der Waals surface area (Å²) in [6.45, 7) is 1.59. The van der Waals surface area contributed by atoms with Crippen LogP contribution in [0.3, 0.4) is 0 Å². The topological polar surface area (TPSA) is 119 Å². The smallest absolute Gasteiger partial charge is 0.273 e. The first kappa shape index (κ1) is 16.1. The molecule has 1 heterocycles. The Morgan fingerprint density at radius 2 is 2.00 bits per heavy atom. The number of rotatable bonds is 4. The van der Waals surface area contributed by atoms with E-state index in [2.05, 4.69) is 15.7 Å². The van der Waals surface area contributed by atoms with Crippen LogP contribution >= 0.6 is 0 Å². The molecule has 9 nitrogen and oxygen atoms in total. The summed E-state index contributed by atoms with van der Waals surface area (Å²) < 4.78 is 1.39. The molecule has 2 rings (SSSR count). The van der Waals surface area contributed by atoms with Gasteiger partial charge in [-0.1, -0.05) is 6.07 Å². The fraction of sp³-hybridized carbons (Fsp3) is 0.214. The lowest BCUT2D eigenvalue weighted by molar-refractivity contribution is -0.385. The van der Waals surface area contributed by atoms with Gasteiger partial charge in [0.2, 0.25) is 0 Å². The van der Waals surface area contributed by atoms with Gasteiger partial charge < -0.3 is 10.6 Å². The first-order chi connectivity index (χ1) is 10.8. The molecule has 0 saturated carbocycles. The van der Waals surface area contributed by atoms with Crippen molar-refractivity contribution in [2.75, 3.05) is 12.4 Å². The first-order valence-electron chi connectivity index (χ1n) is 6.65. The largest absolute Gasteiger partial charge is 0.354 e. The summed E-state index contributed by atoms with van der Waals surface area (Å²) in [5.74, 6) is -1.01. The van der Waals surface area contributed by atoms with Crippen LogP contribution < -0.4 is 10.6 Å². The van der Waals surface area contributed by atoms with E-state index in [-0.39, 0.29) is 22.6 Å². The third kappa shape index (κ3) is 3.34. The summed E-state index contributed by atoms with van der Waals surface area (Å²) in [4.78, 5) is 34.4. The van der Waals surface area contributed by atoms with Gasteiger partial charge in [0.05, 0.1) is 10.6 Å². The van der Waals surface area contributed by atoms with Gasteiger partial charge in [-0.05, 0) is 13.0 Å². The Morgan fingerprint density at radius 1 is 1.30 bits per heavy atom. The number of nitro groups is 1. The number of hydrogen-bond acceptors (Lipinski definition) is 5. The molecular formula is C14H15N5O4. The average molecular weight is 317 g/mol. The number of nitrogens with one attached hydrogen (secondary N) is 2. The average Bonchev–Trinajstić information content (AvgIpc) is 2.87. The van der Waals surface area contributed by atoms with Gasteiger partial charge in [0.15, 0.2) is 5.69 Å². The van der Waals surface area contributed by atoms with Gasteiger partial charge in [0, 0.05) is 37.5 Å². The zero-order valence-corrected chi connectivity index (χ0v) is 12.8. The van der Waals surface area contributed by atoms with E-state index in [1.807, 2.05) is 0 Å². The van der Waals surface area contributed by atoms with Crippen LogP contribution in [0.4, 0.5) is 11.4 Å². The SMILES string of the molecule is CNC(=O)c1nn(C)cc1NC(=O)c1ccc(C)c([N+](=O)[O-])c1. The Labute approximate surface area is 131 Å². The highest BCUT2D eigenvalue weighted by molar-refractivity contribution is 6.08. The van der Waals surface area contributed by atoms with E-state index in [9.17, 15) is 19.7 Å². The summed E-state index contributed by atoms with van der Waals surface area (Å²) in [7, 11) is 3.06. The van der Waals surface area contributed by atoms with Crippen molar-refractivity contribution in [1.82, 2.24) is 15.1 Å². The second kappa shape index (κ2) is 6.26. The van der Waals surface area contributed by atoms with E-state index in [0.29, 0.717) is 5.56 Å². The van der Waals surface area contributed by atoms with Crippen molar-refractivity contribution >= 4 is 23.2 Å². The van der Waals surface area contributed by atoms with Crippen molar-refractivity contribution in [2.24, 2.45) is 7.05 Å². The molecule has 0 saturated heterocycles. The molecule has 0 bridgehead atoms. The van der Waals surface area contributed by atoms with Crippen molar-refractivity contribution in [2.45, 2.75) is 6.92 Å². The van der Waals surface area contributed by atoms with Crippen molar-refractivity contribution < 1.29 is 14.5 Å². The van der Waals surface area contributed by atoms with Crippen LogP contribution in [0.1, 0.15) is 26.4 Å². The van der Waals surface area contributed by atoms with E-state index in [1.165, 1.54) is 36.1 Å². The number of nitrogens with zero attached hydrogens (tertiary/aromatic N) is 3. The number of anilines is 1. The van der Waals surface area contributed by atoms with Gasteiger partial charge in [0.1, 0.15) is 0 Å². The molecule has 1 aromatic heterocycles. The van der Waals surface area contributed by atoms with Crippen LogP contribution in [0.25, 0.3) is 0 Å². The van der Waals surface area contributed by atoms with Crippen LogP contribution in [-0.2, 0) is 7.05 Å². The summed E-state index contributed by atoms with van der Waals surface area (Å²) in [5.41, 5.74) is 0.716. The lowest BCUT2D eigenvalue weighted by atomic mass is 10.1. The number of hydrogen-bond donors (Lipinski definition) is 2. The van der Waals surface area contributed by atoms with Crippen LogP contribution in [0.15, 0.2) is 24.4 Å². The third-order valence-corrected chi connectivity index (χ3v) is 3.19. The zero-order chi connectivity index (χ0) is 17.1. The van der Waals surface area contributed by atoms with Gasteiger partial charge in [-0.2, -0.15) is 5.10 Å². The molecule has 23 heavy (non-hydrogen) atoms. The molecule has 2 amide bonds. The number of aryl methyl sites for hydroxylation is 2. The fourth-order valence-corrected chi connectivity index (χ4v) is 2.01. The number of nitro benzene ring substituents is 1. The van der Waals surface area contributed by atoms with Crippen LogP contribution in [0, 0.1) is 17.0 Å². The fourth-order valence-electron chi connectivity index (χ4n) is 2.01. The molecule has 0 atom stereocenters. The minimum atomic E-state index is -0.564. The molecular weight excluding hydrogens is 302 g/mol. The molecule has 9 heteroatoms. The molecule has 0 aliphatic heterocycles. The second-order valence-corrected chi connectivity index (χ2v) is 4.86. The van der Waals surface area contributed by atoms with Crippen molar-refractivity contribution in [1.29, 1.82) is 0 Å². The van der Waals surface area contributed by atoms with Crippen LogP contribution in [-0.4, -0.2) is 33.6 Å². The lowest BCUT2D eigenvalue weighted by Gasteiger charge is -2.05. The Balaban J connectivity index is 2.31. The minimum absolute atomic E-state index is 0.0601. The number of benzene rings is 1. The number of carbonyl (C=O) groups is 2. The molecule has 2 N–H and O–H groups in total. The predicted molar refractivity (Wildman–Crippen MR) is 82.4 cm³/mol. The van der Waals surface area contributed by atoms with Crippen LogP contribution in [0.2, 0.25) is 0 Å². The molecule has 0 spiro atoms. The molecule has 0 unspecified atom stereocenters. The standard InChI is InChI=1S/C14H15N5O4/c1-8-4-5-9(6-11(8)19(22)23)13(20)16-10-7-18(3)17-12(10)14(21)15-2/h4-7H,1-3H3,(H,15,21)(H,16,20). The second-order valence-electron chi connectivity index (χ2n) is 4.86. The van der Waals surface area contributed by atoms with Crippen molar-refractivity contribution in [3.8, 4) is 0 Å². The third-order valence-electron chi connectivity index (χ3n) is 3.19. The highest BCUT2D eigenvalue weighted by atomic mass is 16.6. The number of amides is 2. The Morgan fingerprint density at radius 3 is 2.61 bits per heavy atom. The summed E-state index contributed by atoms with van der Waals surface area (Å²) in [5, 5.41) is 19.9. The molecule has 0 radical (unpaired) electrons. The van der Waals surface area contributed by atoms with Crippen LogP contribution in [0.5, 0.6) is 0 Å². The summed E-state index contributed by atoms with van der Waals surface area (Å²) in [6, 6.07) is 4.17. The normalized spacial score (nSPS) is 10.2. The summed E-state index contributed by atoms with van der Waals surface area (Å²) in [6.07, 6.45) is 1.48. The van der Waals surface area contributed by atoms with E-state index < -0.39 is 16.7 Å². The van der Waals surface area contributed by atoms with E-state index in [0.717, 1.165) is 0 Å². The predicted octanol–water partition coefficient (Wildman–Crippen LogP) is 1.25. The Hall–Kier alpha value is -3.23. The maximum Gasteiger partial charge on any atom is 0.273 e. The maximum absolute atomic E-state index is 12.3. The minimum Gasteiger partial charge on any atom is -0.354 e. The maximum atomic E-state index is 12.3. The van der Waals surface area contributed by atoms with Gasteiger partial charge in [0.25, 0.3) is 17.5 Å². The lowest BCUT2D eigenvalue weighted by Crippen LogP contribution is -2.21. The zero-order valence-electron chi connectivity index (χ0n) is 12.8. The highest BCUT2D eigenvalue weighted by Gasteiger charge is 2.19. The molecule has 0 fully saturated rings. The Kier molecular flexibility index (Phi) is 4.39. The van der Waals surface area contributed by atoms with Gasteiger partial charge in [-0.15, -0.1) is 0 Å². The highest BCUT2D eigenvalue weighted by Crippen LogP contribution is 2.21. The number of carbonyl (C=O) groups excluding carboxylic acids is 2. The van der Waals surface area contributed by atoms with Gasteiger partial charge in [-0.3, -0.25) is 24.4 Å². The van der Waals surface area contributed by atoms with Gasteiger partial charge >= 0.3 is 0 Å². The van der Waals surface area contributed by atoms with E-state index in [4.69, 9.17) is 0 Å². The monoisotopic (exact) mass is 317 g/mol. The van der Waals surface area contributed by atoms with Crippen molar-refractivity contribution in [3.05, 3.63) is 51.3 Å². The number of aromatic nitrogens is 2. The molecule has 1 aromatic carbocycles. The first-order valence-corrected chi connectivity index (χ1v) is 6.65. The van der Waals surface area contributed by atoms with E-state index >= 15 is 0 Å².